The van der Waals surface area contributed by atoms with Gasteiger partial charge in [-0.15, -0.1) is 12.4 Å². The molecule has 130 valence electrons. The number of hydrogen-bond acceptors (Lipinski definition) is 2. The lowest BCUT2D eigenvalue weighted by molar-refractivity contribution is -0.122. The molecular formula is C19H24Cl2N2O. The Morgan fingerprint density at radius 3 is 2.29 bits per heavy atom. The molecule has 0 aliphatic carbocycles. The zero-order chi connectivity index (χ0) is 16.9. The van der Waals surface area contributed by atoms with Crippen LogP contribution in [0, 0.1) is 0 Å². The number of nitrogens with two attached hydrogens (primary N) is 1. The monoisotopic (exact) mass is 366 g/mol. The molecule has 0 unspecified atom stereocenters. The van der Waals surface area contributed by atoms with Crippen molar-refractivity contribution in [3.8, 4) is 0 Å². The van der Waals surface area contributed by atoms with Gasteiger partial charge in [0.1, 0.15) is 0 Å². The molecule has 0 spiro atoms. The van der Waals surface area contributed by atoms with Gasteiger partial charge in [0, 0.05) is 17.0 Å². The fourth-order valence-corrected chi connectivity index (χ4v) is 2.53. The van der Waals surface area contributed by atoms with Crippen molar-refractivity contribution in [3.63, 3.8) is 0 Å². The minimum Gasteiger partial charge on any atom is -0.354 e. The molecule has 1 amide bonds. The summed E-state index contributed by atoms with van der Waals surface area (Å²) >= 11 is 5.92. The van der Waals surface area contributed by atoms with Gasteiger partial charge in [0.25, 0.3) is 0 Å². The van der Waals surface area contributed by atoms with Crippen LogP contribution in [0.2, 0.25) is 5.02 Å². The van der Waals surface area contributed by atoms with Gasteiger partial charge in [-0.2, -0.15) is 0 Å². The maximum Gasteiger partial charge on any atom is 0.237 e. The fraction of sp³-hybridized carbons (Fsp3) is 0.316. The molecule has 0 aromatic heterocycles. The summed E-state index contributed by atoms with van der Waals surface area (Å²) in [6, 6.07) is 16.9. The molecule has 2 aromatic carbocycles. The van der Waals surface area contributed by atoms with E-state index in [0.717, 1.165) is 11.1 Å². The van der Waals surface area contributed by atoms with Crippen LogP contribution < -0.4 is 11.1 Å². The topological polar surface area (TPSA) is 55.1 Å². The number of hydrogen-bond donors (Lipinski definition) is 2. The van der Waals surface area contributed by atoms with Gasteiger partial charge in [0.2, 0.25) is 5.91 Å². The average molecular weight is 367 g/mol. The number of amides is 1. The van der Waals surface area contributed by atoms with Crippen LogP contribution in [0.15, 0.2) is 54.6 Å². The van der Waals surface area contributed by atoms with Gasteiger partial charge >= 0.3 is 0 Å². The average Bonchev–Trinajstić information content (AvgIpc) is 2.54. The highest BCUT2D eigenvalue weighted by Gasteiger charge is 2.23. The highest BCUT2D eigenvalue weighted by Crippen LogP contribution is 2.23. The Hall–Kier alpha value is -1.55. The largest absolute Gasteiger partial charge is 0.354 e. The summed E-state index contributed by atoms with van der Waals surface area (Å²) in [6.45, 7) is 4.69. The lowest BCUT2D eigenvalue weighted by atomic mass is 9.84. The third-order valence-electron chi connectivity index (χ3n) is 3.97. The molecule has 3 nitrogen and oxygen atoms in total. The maximum atomic E-state index is 12.2. The molecule has 3 N–H and O–H groups in total. The van der Waals surface area contributed by atoms with E-state index >= 15 is 0 Å². The summed E-state index contributed by atoms with van der Waals surface area (Å²) in [6.07, 6.45) is 0.536. The first-order chi connectivity index (χ1) is 10.9. The van der Waals surface area contributed by atoms with Crippen LogP contribution >= 0.6 is 24.0 Å². The normalized spacial score (nSPS) is 12.2. The van der Waals surface area contributed by atoms with Crippen molar-refractivity contribution in [2.24, 2.45) is 5.73 Å². The van der Waals surface area contributed by atoms with E-state index in [9.17, 15) is 4.79 Å². The van der Waals surface area contributed by atoms with Crippen molar-refractivity contribution in [2.75, 3.05) is 6.54 Å². The van der Waals surface area contributed by atoms with Gasteiger partial charge in [-0.25, -0.2) is 0 Å². The lowest BCUT2D eigenvalue weighted by Crippen LogP contribution is -2.46. The predicted molar refractivity (Wildman–Crippen MR) is 103 cm³/mol. The van der Waals surface area contributed by atoms with Crippen molar-refractivity contribution in [3.05, 3.63) is 70.7 Å². The van der Waals surface area contributed by atoms with Gasteiger partial charge in [-0.1, -0.05) is 67.9 Å². The Kier molecular flexibility index (Phi) is 7.74. The molecule has 0 heterocycles. The van der Waals surface area contributed by atoms with Crippen LogP contribution in [0.1, 0.15) is 25.0 Å². The third-order valence-corrected chi connectivity index (χ3v) is 4.22. The molecule has 0 radical (unpaired) electrons. The van der Waals surface area contributed by atoms with Crippen LogP contribution in [-0.2, 0) is 16.6 Å². The molecular weight excluding hydrogens is 343 g/mol. The first kappa shape index (κ1) is 20.5. The molecule has 0 saturated carbocycles. The number of carbonyl (C=O) groups excluding carboxylic acids is 1. The summed E-state index contributed by atoms with van der Waals surface area (Å²) in [5.41, 5.74) is 8.01. The van der Waals surface area contributed by atoms with Crippen molar-refractivity contribution in [1.29, 1.82) is 0 Å². The number of rotatable bonds is 6. The van der Waals surface area contributed by atoms with Crippen molar-refractivity contribution in [1.82, 2.24) is 5.32 Å². The Morgan fingerprint density at radius 2 is 1.71 bits per heavy atom. The summed E-state index contributed by atoms with van der Waals surface area (Å²) in [7, 11) is 0. The smallest absolute Gasteiger partial charge is 0.237 e. The second-order valence-electron chi connectivity index (χ2n) is 6.40. The summed E-state index contributed by atoms with van der Waals surface area (Å²) in [4.78, 5) is 12.2. The molecule has 0 saturated heterocycles. The van der Waals surface area contributed by atoms with E-state index < -0.39 is 6.04 Å². The molecule has 0 bridgehead atoms. The van der Waals surface area contributed by atoms with Crippen molar-refractivity contribution < 1.29 is 4.79 Å². The van der Waals surface area contributed by atoms with Crippen LogP contribution in [0.3, 0.4) is 0 Å². The first-order valence-corrected chi connectivity index (χ1v) is 8.09. The standard InChI is InChI=1S/C19H23ClN2O.ClH/c1-19(2,15-8-10-16(20)11-9-15)13-22-18(23)17(21)12-14-6-4-3-5-7-14;/h3-11,17H,12-13,21H2,1-2H3,(H,22,23);1H/t17-;/m0./s1. The lowest BCUT2D eigenvalue weighted by Gasteiger charge is -2.26. The Balaban J connectivity index is 0.00000288. The molecule has 1 atom stereocenters. The van der Waals surface area contributed by atoms with Crippen LogP contribution in [0.5, 0.6) is 0 Å². The highest BCUT2D eigenvalue weighted by atomic mass is 35.5. The maximum absolute atomic E-state index is 12.2. The summed E-state index contributed by atoms with van der Waals surface area (Å²) in [5.74, 6) is -0.129. The van der Waals surface area contributed by atoms with Gasteiger partial charge < -0.3 is 11.1 Å². The van der Waals surface area contributed by atoms with Crippen molar-refractivity contribution >= 4 is 29.9 Å². The minimum atomic E-state index is -0.543. The van der Waals surface area contributed by atoms with Gasteiger partial charge in [-0.05, 0) is 29.7 Å². The molecule has 2 aromatic rings. The molecule has 5 heteroatoms. The quantitative estimate of drug-likeness (QED) is 0.818. The highest BCUT2D eigenvalue weighted by molar-refractivity contribution is 6.30. The van der Waals surface area contributed by atoms with E-state index in [2.05, 4.69) is 19.2 Å². The van der Waals surface area contributed by atoms with E-state index in [-0.39, 0.29) is 23.7 Å². The van der Waals surface area contributed by atoms with E-state index in [1.54, 1.807) is 0 Å². The second-order valence-corrected chi connectivity index (χ2v) is 6.84. The Labute approximate surface area is 155 Å². The van der Waals surface area contributed by atoms with Gasteiger partial charge in [0.05, 0.1) is 6.04 Å². The van der Waals surface area contributed by atoms with E-state index in [1.165, 1.54) is 0 Å². The van der Waals surface area contributed by atoms with Crippen LogP contribution in [-0.4, -0.2) is 18.5 Å². The van der Waals surface area contributed by atoms with E-state index in [1.807, 2.05) is 54.6 Å². The predicted octanol–water partition coefficient (Wildman–Crippen LogP) is 3.73. The Morgan fingerprint density at radius 1 is 1.12 bits per heavy atom. The fourth-order valence-electron chi connectivity index (χ4n) is 2.40. The summed E-state index contributed by atoms with van der Waals surface area (Å²) in [5, 5.41) is 3.67. The SMILES string of the molecule is CC(C)(CNC(=O)[C@@H](N)Cc1ccccc1)c1ccc(Cl)cc1.Cl. The number of nitrogens with one attached hydrogen (secondary N) is 1. The molecule has 2 rings (SSSR count). The first-order valence-electron chi connectivity index (χ1n) is 7.72. The van der Waals surface area contributed by atoms with Gasteiger partial charge in [-0.3, -0.25) is 4.79 Å². The van der Waals surface area contributed by atoms with E-state index in [0.29, 0.717) is 18.0 Å². The minimum absolute atomic E-state index is 0. The van der Waals surface area contributed by atoms with Gasteiger partial charge in [0.15, 0.2) is 0 Å². The molecule has 0 fully saturated rings. The molecule has 0 aliphatic heterocycles. The number of halogens is 2. The number of carbonyl (C=O) groups is 1. The van der Waals surface area contributed by atoms with E-state index in [4.69, 9.17) is 17.3 Å². The number of benzene rings is 2. The zero-order valence-electron chi connectivity index (χ0n) is 14.0. The second kappa shape index (κ2) is 9.07. The Bertz CT molecular complexity index is 642. The summed E-state index contributed by atoms with van der Waals surface area (Å²) < 4.78 is 0. The third kappa shape index (κ3) is 5.82. The van der Waals surface area contributed by atoms with Crippen molar-refractivity contribution in [2.45, 2.75) is 31.7 Å². The van der Waals surface area contributed by atoms with Crippen LogP contribution in [0.25, 0.3) is 0 Å². The zero-order valence-corrected chi connectivity index (χ0v) is 15.5. The molecule has 24 heavy (non-hydrogen) atoms. The molecule has 0 aliphatic rings. The van der Waals surface area contributed by atoms with Crippen LogP contribution in [0.4, 0.5) is 0 Å².